The second-order valence-corrected chi connectivity index (χ2v) is 6.47. The zero-order valence-corrected chi connectivity index (χ0v) is 13.4. The van der Waals surface area contributed by atoms with E-state index in [9.17, 15) is 0 Å². The zero-order chi connectivity index (χ0) is 13.8. The van der Waals surface area contributed by atoms with Gasteiger partial charge in [0.15, 0.2) is 5.13 Å². The average molecular weight is 282 g/mol. The van der Waals surface area contributed by atoms with Gasteiger partial charge in [0.1, 0.15) is 0 Å². The first kappa shape index (κ1) is 14.8. The van der Waals surface area contributed by atoms with Crippen LogP contribution in [0.25, 0.3) is 0 Å². The number of nitrogens with zero attached hydrogens (tertiary/aromatic N) is 3. The van der Waals surface area contributed by atoms with Crippen molar-refractivity contribution in [2.75, 3.05) is 44.7 Å². The second-order valence-electron chi connectivity index (χ2n) is 5.41. The summed E-state index contributed by atoms with van der Waals surface area (Å²) in [5.41, 5.74) is 1.27. The molecule has 5 heteroatoms. The lowest BCUT2D eigenvalue weighted by Gasteiger charge is -2.33. The van der Waals surface area contributed by atoms with Crippen LogP contribution >= 0.6 is 11.3 Å². The standard InChI is InChI=1S/C14H26N4S/c1-5-17-6-8-18(9-7-17)14-16-13(11(2)3)12(19-14)10-15-4/h11,15H,5-10H2,1-4H3. The number of likely N-dealkylation sites (N-methyl/N-ethyl adjacent to an activating group) is 1. The molecule has 0 spiro atoms. The van der Waals surface area contributed by atoms with Gasteiger partial charge in [-0.15, -0.1) is 11.3 Å². The number of nitrogens with one attached hydrogen (secondary N) is 1. The number of rotatable bonds is 5. The van der Waals surface area contributed by atoms with Gasteiger partial charge in [-0.2, -0.15) is 0 Å². The normalized spacial score (nSPS) is 17.4. The molecule has 4 nitrogen and oxygen atoms in total. The van der Waals surface area contributed by atoms with Crippen molar-refractivity contribution >= 4 is 16.5 Å². The van der Waals surface area contributed by atoms with Crippen molar-refractivity contribution in [2.45, 2.75) is 33.2 Å². The van der Waals surface area contributed by atoms with Gasteiger partial charge in [-0.25, -0.2) is 4.98 Å². The highest BCUT2D eigenvalue weighted by Gasteiger charge is 2.21. The molecular weight excluding hydrogens is 256 g/mol. The van der Waals surface area contributed by atoms with Crippen LogP contribution in [0, 0.1) is 0 Å². The average Bonchev–Trinajstić information content (AvgIpc) is 2.83. The Bertz CT molecular complexity index is 394. The summed E-state index contributed by atoms with van der Waals surface area (Å²) in [6, 6.07) is 0. The third-order valence-electron chi connectivity index (χ3n) is 3.69. The highest BCUT2D eigenvalue weighted by atomic mass is 32.1. The van der Waals surface area contributed by atoms with Gasteiger partial charge in [-0.05, 0) is 19.5 Å². The molecule has 19 heavy (non-hydrogen) atoms. The molecule has 0 amide bonds. The molecule has 0 aromatic carbocycles. The highest BCUT2D eigenvalue weighted by Crippen LogP contribution is 2.31. The molecule has 1 aliphatic heterocycles. The first-order chi connectivity index (χ1) is 9.15. The van der Waals surface area contributed by atoms with Crippen molar-refractivity contribution in [1.29, 1.82) is 0 Å². The largest absolute Gasteiger partial charge is 0.346 e. The molecule has 1 saturated heterocycles. The van der Waals surface area contributed by atoms with Gasteiger partial charge in [0.05, 0.1) is 5.69 Å². The molecule has 1 fully saturated rings. The van der Waals surface area contributed by atoms with Gasteiger partial charge in [0.25, 0.3) is 0 Å². The van der Waals surface area contributed by atoms with Gasteiger partial charge in [0.2, 0.25) is 0 Å². The Morgan fingerprint density at radius 3 is 2.47 bits per heavy atom. The van der Waals surface area contributed by atoms with Gasteiger partial charge in [0, 0.05) is 37.6 Å². The number of thiazole rings is 1. The van der Waals surface area contributed by atoms with E-state index in [1.54, 1.807) is 0 Å². The van der Waals surface area contributed by atoms with E-state index in [1.807, 2.05) is 18.4 Å². The molecule has 1 aromatic heterocycles. The summed E-state index contributed by atoms with van der Waals surface area (Å²) >= 11 is 1.86. The highest BCUT2D eigenvalue weighted by molar-refractivity contribution is 7.15. The van der Waals surface area contributed by atoms with Crippen molar-refractivity contribution in [1.82, 2.24) is 15.2 Å². The zero-order valence-electron chi connectivity index (χ0n) is 12.6. The molecule has 0 unspecified atom stereocenters. The van der Waals surface area contributed by atoms with Crippen LogP contribution in [0.4, 0.5) is 5.13 Å². The van der Waals surface area contributed by atoms with E-state index >= 15 is 0 Å². The van der Waals surface area contributed by atoms with Crippen LogP contribution in [-0.4, -0.2) is 49.7 Å². The summed E-state index contributed by atoms with van der Waals surface area (Å²) in [5, 5.41) is 4.47. The Labute approximate surface area is 120 Å². The summed E-state index contributed by atoms with van der Waals surface area (Å²) in [5.74, 6) is 0.505. The Morgan fingerprint density at radius 2 is 1.95 bits per heavy atom. The smallest absolute Gasteiger partial charge is 0.185 e. The molecule has 1 aliphatic rings. The molecule has 2 heterocycles. The molecule has 0 saturated carbocycles. The van der Waals surface area contributed by atoms with Crippen molar-refractivity contribution in [3.8, 4) is 0 Å². The van der Waals surface area contributed by atoms with Crippen molar-refractivity contribution in [2.24, 2.45) is 0 Å². The number of hydrogen-bond donors (Lipinski definition) is 1. The second kappa shape index (κ2) is 6.68. The lowest BCUT2D eigenvalue weighted by molar-refractivity contribution is 0.271. The lowest BCUT2D eigenvalue weighted by atomic mass is 10.1. The fourth-order valence-corrected chi connectivity index (χ4v) is 3.76. The predicted octanol–water partition coefficient (Wildman–Crippen LogP) is 2.13. The van der Waals surface area contributed by atoms with Crippen LogP contribution in [0.15, 0.2) is 0 Å². The third kappa shape index (κ3) is 3.46. The summed E-state index contributed by atoms with van der Waals surface area (Å²) in [4.78, 5) is 11.2. The fourth-order valence-electron chi connectivity index (χ4n) is 2.48. The Hall–Kier alpha value is -0.650. The molecule has 0 atom stereocenters. The maximum absolute atomic E-state index is 4.89. The SMILES string of the molecule is CCN1CCN(c2nc(C(C)C)c(CNC)s2)CC1. The molecule has 108 valence electrons. The molecule has 0 radical (unpaired) electrons. The van der Waals surface area contributed by atoms with E-state index in [-0.39, 0.29) is 0 Å². The summed E-state index contributed by atoms with van der Waals surface area (Å²) in [6.45, 7) is 13.3. The topological polar surface area (TPSA) is 31.4 Å². The number of hydrogen-bond acceptors (Lipinski definition) is 5. The van der Waals surface area contributed by atoms with Crippen LogP contribution in [0.3, 0.4) is 0 Å². The Morgan fingerprint density at radius 1 is 1.26 bits per heavy atom. The first-order valence-corrected chi connectivity index (χ1v) is 8.08. The molecule has 0 aliphatic carbocycles. The summed E-state index contributed by atoms with van der Waals surface area (Å²) in [6.07, 6.45) is 0. The fraction of sp³-hybridized carbons (Fsp3) is 0.786. The van der Waals surface area contributed by atoms with E-state index in [1.165, 1.54) is 15.7 Å². The molecule has 0 bridgehead atoms. The van der Waals surface area contributed by atoms with Gasteiger partial charge in [-0.1, -0.05) is 20.8 Å². The quantitative estimate of drug-likeness (QED) is 0.896. The van der Waals surface area contributed by atoms with E-state index in [2.05, 4.69) is 35.9 Å². The van der Waals surface area contributed by atoms with E-state index in [0.29, 0.717) is 5.92 Å². The summed E-state index contributed by atoms with van der Waals surface area (Å²) < 4.78 is 0. The molecule has 1 N–H and O–H groups in total. The Kier molecular flexibility index (Phi) is 5.19. The minimum absolute atomic E-state index is 0.505. The van der Waals surface area contributed by atoms with Crippen LogP contribution in [0.5, 0.6) is 0 Å². The molecular formula is C14H26N4S. The first-order valence-electron chi connectivity index (χ1n) is 7.27. The van der Waals surface area contributed by atoms with Crippen molar-refractivity contribution in [3.05, 3.63) is 10.6 Å². The van der Waals surface area contributed by atoms with Crippen LogP contribution in [0.1, 0.15) is 37.3 Å². The summed E-state index contributed by atoms with van der Waals surface area (Å²) in [7, 11) is 2.00. The van der Waals surface area contributed by atoms with E-state index in [0.717, 1.165) is 39.3 Å². The number of aromatic nitrogens is 1. The maximum atomic E-state index is 4.89. The van der Waals surface area contributed by atoms with E-state index in [4.69, 9.17) is 4.98 Å². The monoisotopic (exact) mass is 282 g/mol. The predicted molar refractivity (Wildman–Crippen MR) is 83.3 cm³/mol. The third-order valence-corrected chi connectivity index (χ3v) is 4.82. The van der Waals surface area contributed by atoms with Gasteiger partial charge >= 0.3 is 0 Å². The van der Waals surface area contributed by atoms with Crippen LogP contribution in [0.2, 0.25) is 0 Å². The molecule has 2 rings (SSSR count). The Balaban J connectivity index is 2.10. The van der Waals surface area contributed by atoms with Gasteiger partial charge < -0.3 is 15.1 Å². The minimum Gasteiger partial charge on any atom is -0.346 e. The number of anilines is 1. The number of piperazine rings is 1. The van der Waals surface area contributed by atoms with Crippen LogP contribution in [-0.2, 0) is 6.54 Å². The lowest BCUT2D eigenvalue weighted by Crippen LogP contribution is -2.46. The van der Waals surface area contributed by atoms with Crippen LogP contribution < -0.4 is 10.2 Å². The van der Waals surface area contributed by atoms with Crippen molar-refractivity contribution in [3.63, 3.8) is 0 Å². The maximum Gasteiger partial charge on any atom is 0.185 e. The minimum atomic E-state index is 0.505. The van der Waals surface area contributed by atoms with Gasteiger partial charge in [-0.3, -0.25) is 0 Å². The van der Waals surface area contributed by atoms with Crippen molar-refractivity contribution < 1.29 is 0 Å². The van der Waals surface area contributed by atoms with E-state index < -0.39 is 0 Å². The molecule has 1 aromatic rings.